The molecule has 0 aliphatic heterocycles. The molecular weight excluding hydrogens is 368 g/mol. The molecule has 27 heavy (non-hydrogen) atoms. The van der Waals surface area contributed by atoms with Gasteiger partial charge < -0.3 is 14.6 Å². The maximum absolute atomic E-state index is 10.6. The first-order chi connectivity index (χ1) is 13.0. The van der Waals surface area contributed by atoms with Crippen LogP contribution in [0.1, 0.15) is 16.8 Å². The van der Waals surface area contributed by atoms with Gasteiger partial charge in [0.1, 0.15) is 12.4 Å². The first kappa shape index (κ1) is 18.8. The molecule has 2 aromatic carbocycles. The lowest BCUT2D eigenvalue weighted by Gasteiger charge is -2.13. The number of carboxylic acid groups (broad SMARTS) is 1. The van der Waals surface area contributed by atoms with Crippen LogP contribution in [0, 0.1) is 6.92 Å². The molecule has 140 valence electrons. The largest absolute Gasteiger partial charge is 0.512 e. The molecule has 0 aliphatic rings. The number of halogens is 1. The second kappa shape index (κ2) is 8.60. The average molecular weight is 387 g/mol. The van der Waals surface area contributed by atoms with Crippen LogP contribution in [0.2, 0.25) is 5.02 Å². The normalized spacial score (nSPS) is 10.6. The second-order valence-electron chi connectivity index (χ2n) is 5.99. The number of hydrogen-bond donors (Lipinski definition) is 1. The Morgan fingerprint density at radius 3 is 2.70 bits per heavy atom. The van der Waals surface area contributed by atoms with Crippen molar-refractivity contribution in [2.45, 2.75) is 26.5 Å². The van der Waals surface area contributed by atoms with Gasteiger partial charge >= 0.3 is 6.16 Å². The van der Waals surface area contributed by atoms with E-state index >= 15 is 0 Å². The van der Waals surface area contributed by atoms with E-state index in [1.165, 1.54) is 0 Å². The van der Waals surface area contributed by atoms with E-state index < -0.39 is 6.16 Å². The van der Waals surface area contributed by atoms with Crippen molar-refractivity contribution >= 4 is 17.8 Å². The summed E-state index contributed by atoms with van der Waals surface area (Å²) in [6.45, 7) is 2.84. The molecule has 0 saturated heterocycles. The number of benzene rings is 2. The molecule has 1 N–H and O–H groups in total. The molecule has 0 aliphatic carbocycles. The second-order valence-corrected chi connectivity index (χ2v) is 6.43. The number of carbonyl (C=O) groups is 1. The minimum atomic E-state index is -1.38. The molecule has 0 fully saturated rings. The predicted molar refractivity (Wildman–Crippen MR) is 102 cm³/mol. The Hall–Kier alpha value is -2.99. The third kappa shape index (κ3) is 5.24. The van der Waals surface area contributed by atoms with Crippen molar-refractivity contribution in [3.63, 3.8) is 0 Å². The van der Waals surface area contributed by atoms with Crippen LogP contribution in [0.25, 0.3) is 0 Å². The van der Waals surface area contributed by atoms with Crippen molar-refractivity contribution in [3.05, 3.63) is 76.4 Å². The molecule has 3 aromatic rings. The Morgan fingerprint density at radius 2 is 1.96 bits per heavy atom. The van der Waals surface area contributed by atoms with Gasteiger partial charge in [0.2, 0.25) is 5.88 Å². The van der Waals surface area contributed by atoms with Crippen molar-refractivity contribution in [2.24, 2.45) is 0 Å². The molecule has 0 saturated carbocycles. The number of aromatic nitrogens is 2. The molecule has 6 nitrogen and oxygen atoms in total. The van der Waals surface area contributed by atoms with Gasteiger partial charge in [-0.15, -0.1) is 5.10 Å². The summed E-state index contributed by atoms with van der Waals surface area (Å²) in [5.41, 5.74) is 2.84. The number of nitrogens with zero attached hydrogens (tertiary/aromatic N) is 2. The Morgan fingerprint density at radius 1 is 1.19 bits per heavy atom. The van der Waals surface area contributed by atoms with Gasteiger partial charge in [-0.2, -0.15) is 0 Å². The number of hydrogen-bond acceptors (Lipinski definition) is 4. The van der Waals surface area contributed by atoms with Crippen molar-refractivity contribution in [2.75, 3.05) is 0 Å². The predicted octanol–water partition coefficient (Wildman–Crippen LogP) is 4.72. The zero-order valence-electron chi connectivity index (χ0n) is 14.8. The molecule has 7 heteroatoms. The van der Waals surface area contributed by atoms with E-state index in [4.69, 9.17) is 21.4 Å². The minimum Gasteiger partial charge on any atom is -0.489 e. The highest BCUT2D eigenvalue weighted by atomic mass is 35.5. The fourth-order valence-corrected chi connectivity index (χ4v) is 2.89. The Balaban J connectivity index is 1.70. The summed E-state index contributed by atoms with van der Waals surface area (Å²) in [5, 5.41) is 13.5. The maximum atomic E-state index is 10.6. The number of aryl methyl sites for hydroxylation is 3. The van der Waals surface area contributed by atoms with Gasteiger partial charge in [-0.25, -0.2) is 4.79 Å². The van der Waals surface area contributed by atoms with Crippen molar-refractivity contribution in [3.8, 4) is 11.6 Å². The van der Waals surface area contributed by atoms with Crippen LogP contribution in [0.5, 0.6) is 11.6 Å². The van der Waals surface area contributed by atoms with Crippen LogP contribution in [0.15, 0.2) is 54.6 Å². The Bertz CT molecular complexity index is 925. The summed E-state index contributed by atoms with van der Waals surface area (Å²) in [6, 6.07) is 17.0. The number of rotatable bonds is 7. The molecule has 3 rings (SSSR count). The standard InChI is InChI=1S/C20H19ClN2O4/c1-14-11-19(27-20(24)25)22-23(14)10-9-16-12-17(21)7-8-18(16)26-13-15-5-3-2-4-6-15/h2-8,11-12H,9-10,13H2,1H3,(H,24,25). The van der Waals surface area contributed by atoms with Crippen LogP contribution in [0.4, 0.5) is 4.79 Å². The van der Waals surface area contributed by atoms with Crippen LogP contribution in [-0.2, 0) is 19.6 Å². The fraction of sp³-hybridized carbons (Fsp3) is 0.200. The van der Waals surface area contributed by atoms with Crippen LogP contribution < -0.4 is 9.47 Å². The van der Waals surface area contributed by atoms with E-state index in [1.807, 2.05) is 49.4 Å². The summed E-state index contributed by atoms with van der Waals surface area (Å²) >= 11 is 6.15. The smallest absolute Gasteiger partial charge is 0.489 e. The lowest BCUT2D eigenvalue weighted by molar-refractivity contribution is 0.142. The molecule has 1 aromatic heterocycles. The molecular formula is C20H19ClN2O4. The number of ether oxygens (including phenoxy) is 2. The summed E-state index contributed by atoms with van der Waals surface area (Å²) < 4.78 is 12.3. The SMILES string of the molecule is Cc1cc(OC(=O)O)nn1CCc1cc(Cl)ccc1OCc1ccccc1. The highest BCUT2D eigenvalue weighted by Crippen LogP contribution is 2.25. The monoisotopic (exact) mass is 386 g/mol. The first-order valence-corrected chi connectivity index (χ1v) is 8.79. The highest BCUT2D eigenvalue weighted by Gasteiger charge is 2.11. The molecule has 0 radical (unpaired) electrons. The Labute approximate surface area is 161 Å². The van der Waals surface area contributed by atoms with Gasteiger partial charge in [-0.3, -0.25) is 4.68 Å². The van der Waals surface area contributed by atoms with Crippen LogP contribution in [0.3, 0.4) is 0 Å². The van der Waals surface area contributed by atoms with Crippen molar-refractivity contribution in [1.29, 1.82) is 0 Å². The molecule has 0 atom stereocenters. The third-order valence-corrected chi connectivity index (χ3v) is 4.24. The average Bonchev–Trinajstić information content (AvgIpc) is 2.98. The van der Waals surface area contributed by atoms with Gasteiger partial charge in [-0.05, 0) is 42.7 Å². The molecule has 0 spiro atoms. The lowest BCUT2D eigenvalue weighted by atomic mass is 10.1. The molecule has 1 heterocycles. The highest BCUT2D eigenvalue weighted by molar-refractivity contribution is 6.30. The topological polar surface area (TPSA) is 73.6 Å². The third-order valence-electron chi connectivity index (χ3n) is 4.00. The van der Waals surface area contributed by atoms with E-state index in [0.717, 1.165) is 22.6 Å². The fourth-order valence-electron chi connectivity index (χ4n) is 2.69. The minimum absolute atomic E-state index is 0.0617. The summed E-state index contributed by atoms with van der Waals surface area (Å²) in [7, 11) is 0. The van der Waals surface area contributed by atoms with Gasteiger partial charge in [0.05, 0.1) is 0 Å². The van der Waals surface area contributed by atoms with Gasteiger partial charge in [-0.1, -0.05) is 41.9 Å². The zero-order chi connectivity index (χ0) is 19.2. The van der Waals surface area contributed by atoms with Crippen LogP contribution >= 0.6 is 11.6 Å². The van der Waals surface area contributed by atoms with Crippen molar-refractivity contribution in [1.82, 2.24) is 9.78 Å². The van der Waals surface area contributed by atoms with Gasteiger partial charge in [0.25, 0.3) is 0 Å². The van der Waals surface area contributed by atoms with Crippen molar-refractivity contribution < 1.29 is 19.4 Å². The van der Waals surface area contributed by atoms with E-state index in [0.29, 0.717) is 24.6 Å². The summed E-state index contributed by atoms with van der Waals surface area (Å²) in [6.07, 6.45) is -0.759. The molecule has 0 bridgehead atoms. The zero-order valence-corrected chi connectivity index (χ0v) is 15.5. The van der Waals surface area contributed by atoms with E-state index in [9.17, 15) is 4.79 Å². The lowest BCUT2D eigenvalue weighted by Crippen LogP contribution is -2.08. The molecule has 0 amide bonds. The first-order valence-electron chi connectivity index (χ1n) is 8.41. The van der Waals surface area contributed by atoms with E-state index in [-0.39, 0.29) is 5.88 Å². The summed E-state index contributed by atoms with van der Waals surface area (Å²) in [5.74, 6) is 0.821. The molecule has 0 unspecified atom stereocenters. The van der Waals surface area contributed by atoms with Gasteiger partial charge in [0, 0.05) is 23.3 Å². The van der Waals surface area contributed by atoms with E-state index in [2.05, 4.69) is 9.84 Å². The van der Waals surface area contributed by atoms with Crippen LogP contribution in [-0.4, -0.2) is 21.0 Å². The van der Waals surface area contributed by atoms with E-state index in [1.54, 1.807) is 16.8 Å². The Kier molecular flexibility index (Phi) is 5.98. The van der Waals surface area contributed by atoms with Gasteiger partial charge in [0.15, 0.2) is 0 Å². The summed E-state index contributed by atoms with van der Waals surface area (Å²) in [4.78, 5) is 10.6. The maximum Gasteiger partial charge on any atom is 0.512 e. The quantitative estimate of drug-likeness (QED) is 0.594.